The molecule has 3 heterocycles. The van der Waals surface area contributed by atoms with Crippen LogP contribution in [0.5, 0.6) is 0 Å². The molecular formula is C17H12N2O3. The first-order valence-electron chi connectivity index (χ1n) is 7.25. The Morgan fingerprint density at radius 3 is 2.41 bits per heavy atom. The molecule has 0 N–H and O–H groups in total. The van der Waals surface area contributed by atoms with Crippen LogP contribution in [-0.2, 0) is 14.4 Å². The summed E-state index contributed by atoms with van der Waals surface area (Å²) in [5.74, 6) is -0.844. The Morgan fingerprint density at radius 1 is 0.864 bits per heavy atom. The lowest BCUT2D eigenvalue weighted by Crippen LogP contribution is -2.40. The van der Waals surface area contributed by atoms with Crippen LogP contribution >= 0.6 is 0 Å². The highest BCUT2D eigenvalue weighted by Crippen LogP contribution is 2.54. The summed E-state index contributed by atoms with van der Waals surface area (Å²) in [5, 5.41) is 1.62. The Labute approximate surface area is 126 Å². The van der Waals surface area contributed by atoms with Gasteiger partial charge >= 0.3 is 0 Å². The van der Waals surface area contributed by atoms with E-state index in [1.807, 2.05) is 42.5 Å². The Balaban J connectivity index is 1.62. The monoisotopic (exact) mass is 292 g/mol. The van der Waals surface area contributed by atoms with Gasteiger partial charge in [-0.2, -0.15) is 0 Å². The van der Waals surface area contributed by atoms with E-state index in [4.69, 9.17) is 4.84 Å². The van der Waals surface area contributed by atoms with E-state index < -0.39 is 12.0 Å². The van der Waals surface area contributed by atoms with Gasteiger partial charge in [0.05, 0.1) is 11.4 Å². The molecule has 2 aromatic carbocycles. The lowest BCUT2D eigenvalue weighted by atomic mass is 9.88. The van der Waals surface area contributed by atoms with Crippen LogP contribution in [0.3, 0.4) is 0 Å². The SMILES string of the molecule is O=C1[C@@H]2[C@@H](C(=O)N1c1ccccc1)N1O[C@H]2c2ccccc21. The maximum atomic E-state index is 12.8. The fourth-order valence-corrected chi connectivity index (χ4v) is 3.69. The van der Waals surface area contributed by atoms with Crippen LogP contribution in [0, 0.1) is 5.92 Å². The Bertz CT molecular complexity index is 758. The average molecular weight is 292 g/mol. The molecule has 3 atom stereocenters. The van der Waals surface area contributed by atoms with Crippen molar-refractivity contribution in [3.05, 3.63) is 60.2 Å². The molecule has 2 fully saturated rings. The zero-order chi connectivity index (χ0) is 14.8. The molecule has 108 valence electrons. The van der Waals surface area contributed by atoms with E-state index in [1.54, 1.807) is 17.2 Å². The van der Waals surface area contributed by atoms with Crippen molar-refractivity contribution in [2.24, 2.45) is 5.92 Å². The largest absolute Gasteiger partial charge is 0.273 e. The van der Waals surface area contributed by atoms with Gasteiger partial charge in [0.2, 0.25) is 5.91 Å². The van der Waals surface area contributed by atoms with E-state index in [-0.39, 0.29) is 17.9 Å². The van der Waals surface area contributed by atoms with Crippen molar-refractivity contribution in [2.45, 2.75) is 12.1 Å². The van der Waals surface area contributed by atoms with Crippen LogP contribution in [0.1, 0.15) is 11.7 Å². The summed E-state index contributed by atoms with van der Waals surface area (Å²) in [4.78, 5) is 32.7. The summed E-state index contributed by atoms with van der Waals surface area (Å²) in [6.45, 7) is 0. The number of carbonyl (C=O) groups excluding carboxylic acids is 2. The van der Waals surface area contributed by atoms with E-state index in [9.17, 15) is 9.59 Å². The highest BCUT2D eigenvalue weighted by Gasteiger charge is 2.64. The molecule has 5 heteroatoms. The topological polar surface area (TPSA) is 49.9 Å². The highest BCUT2D eigenvalue weighted by molar-refractivity contribution is 6.25. The second-order valence-electron chi connectivity index (χ2n) is 5.73. The molecule has 0 spiro atoms. The predicted octanol–water partition coefficient (Wildman–Crippen LogP) is 2.05. The lowest BCUT2D eigenvalue weighted by molar-refractivity contribution is -0.124. The van der Waals surface area contributed by atoms with Gasteiger partial charge in [-0.3, -0.25) is 14.4 Å². The molecular weight excluding hydrogens is 280 g/mol. The minimum Gasteiger partial charge on any atom is -0.273 e. The lowest BCUT2D eigenvalue weighted by Gasteiger charge is -2.22. The summed E-state index contributed by atoms with van der Waals surface area (Å²) < 4.78 is 0. The summed E-state index contributed by atoms with van der Waals surface area (Å²) in [6.07, 6.45) is -0.355. The second kappa shape index (κ2) is 3.96. The molecule has 3 aliphatic rings. The van der Waals surface area contributed by atoms with Gasteiger partial charge in [-0.1, -0.05) is 36.4 Å². The Kier molecular flexibility index (Phi) is 2.15. The molecule has 2 aromatic rings. The Hall–Kier alpha value is -2.66. The van der Waals surface area contributed by atoms with E-state index in [2.05, 4.69) is 0 Å². The third-order valence-corrected chi connectivity index (χ3v) is 4.62. The quantitative estimate of drug-likeness (QED) is 0.755. The van der Waals surface area contributed by atoms with Gasteiger partial charge in [-0.05, 0) is 18.2 Å². The van der Waals surface area contributed by atoms with Gasteiger partial charge in [0.1, 0.15) is 12.0 Å². The number of rotatable bonds is 1. The molecule has 0 aliphatic carbocycles. The number of hydrogen-bond acceptors (Lipinski definition) is 4. The minimum atomic E-state index is -0.549. The third-order valence-electron chi connectivity index (χ3n) is 4.62. The van der Waals surface area contributed by atoms with Gasteiger partial charge < -0.3 is 0 Å². The number of amides is 2. The molecule has 22 heavy (non-hydrogen) atoms. The molecule has 0 saturated carbocycles. The second-order valence-corrected chi connectivity index (χ2v) is 5.73. The first-order valence-corrected chi connectivity index (χ1v) is 7.25. The zero-order valence-electron chi connectivity index (χ0n) is 11.5. The van der Waals surface area contributed by atoms with Crippen LogP contribution in [0.4, 0.5) is 11.4 Å². The highest BCUT2D eigenvalue weighted by atomic mass is 16.7. The number of para-hydroxylation sites is 2. The summed E-state index contributed by atoms with van der Waals surface area (Å²) in [5.41, 5.74) is 2.50. The molecule has 2 amide bonds. The molecule has 2 bridgehead atoms. The minimum absolute atomic E-state index is 0.178. The van der Waals surface area contributed by atoms with Gasteiger partial charge in [0.15, 0.2) is 6.04 Å². The van der Waals surface area contributed by atoms with Crippen molar-refractivity contribution < 1.29 is 14.4 Å². The van der Waals surface area contributed by atoms with Crippen molar-refractivity contribution in [2.75, 3.05) is 9.96 Å². The number of hydroxylamine groups is 1. The van der Waals surface area contributed by atoms with Crippen LogP contribution in [0.15, 0.2) is 54.6 Å². The molecule has 0 aromatic heterocycles. The number of carbonyl (C=O) groups is 2. The number of nitrogens with zero attached hydrogens (tertiary/aromatic N) is 2. The number of fused-ring (bicyclic) bond motifs is 8. The van der Waals surface area contributed by atoms with Crippen LogP contribution < -0.4 is 9.96 Å². The molecule has 0 unspecified atom stereocenters. The van der Waals surface area contributed by atoms with E-state index >= 15 is 0 Å². The number of imide groups is 1. The van der Waals surface area contributed by atoms with E-state index in [0.29, 0.717) is 5.69 Å². The van der Waals surface area contributed by atoms with Crippen LogP contribution in [0.2, 0.25) is 0 Å². The fraction of sp³-hybridized carbons (Fsp3) is 0.176. The maximum Gasteiger partial charge on any atom is 0.260 e. The normalized spacial score (nSPS) is 28.3. The Morgan fingerprint density at radius 2 is 1.59 bits per heavy atom. The van der Waals surface area contributed by atoms with E-state index in [1.165, 1.54) is 4.90 Å². The van der Waals surface area contributed by atoms with Crippen molar-refractivity contribution in [1.29, 1.82) is 0 Å². The fourth-order valence-electron chi connectivity index (χ4n) is 3.69. The molecule has 0 radical (unpaired) electrons. The smallest absolute Gasteiger partial charge is 0.260 e. The number of anilines is 2. The molecule has 3 aliphatic heterocycles. The van der Waals surface area contributed by atoms with Gasteiger partial charge in [0, 0.05) is 5.56 Å². The van der Waals surface area contributed by atoms with Crippen LogP contribution in [0.25, 0.3) is 0 Å². The van der Waals surface area contributed by atoms with Crippen molar-refractivity contribution in [3.8, 4) is 0 Å². The van der Waals surface area contributed by atoms with E-state index in [0.717, 1.165) is 11.3 Å². The number of benzene rings is 2. The standard InChI is InChI=1S/C17H12N2O3/c20-16-13-14(17(21)18(16)10-6-2-1-3-7-10)19-12-9-5-4-8-11(12)15(13)22-19/h1-9,13-15H/t13-,14+,15+/m1/s1. The van der Waals surface area contributed by atoms with Crippen molar-refractivity contribution in [1.82, 2.24) is 0 Å². The summed E-state index contributed by atoms with van der Waals surface area (Å²) in [6, 6.07) is 16.2. The van der Waals surface area contributed by atoms with Gasteiger partial charge in [0.25, 0.3) is 5.91 Å². The molecule has 2 saturated heterocycles. The van der Waals surface area contributed by atoms with Crippen molar-refractivity contribution >= 4 is 23.2 Å². The van der Waals surface area contributed by atoms with Crippen molar-refractivity contribution in [3.63, 3.8) is 0 Å². The van der Waals surface area contributed by atoms with Crippen LogP contribution in [-0.4, -0.2) is 17.9 Å². The zero-order valence-corrected chi connectivity index (χ0v) is 11.5. The molecule has 5 rings (SSSR count). The number of hydrogen-bond donors (Lipinski definition) is 0. The first-order chi connectivity index (χ1) is 10.8. The summed E-state index contributed by atoms with van der Waals surface area (Å²) >= 11 is 0. The van der Waals surface area contributed by atoms with Gasteiger partial charge in [-0.15, -0.1) is 0 Å². The molecule has 5 nitrogen and oxygen atoms in total. The first kappa shape index (κ1) is 11.9. The summed E-state index contributed by atoms with van der Waals surface area (Å²) in [7, 11) is 0. The predicted molar refractivity (Wildman–Crippen MR) is 79.0 cm³/mol. The maximum absolute atomic E-state index is 12.8. The van der Waals surface area contributed by atoms with Gasteiger partial charge in [-0.25, -0.2) is 9.96 Å². The third kappa shape index (κ3) is 1.27. The average Bonchev–Trinajstić information content (AvgIpc) is 3.19.